The van der Waals surface area contributed by atoms with Crippen LogP contribution in [0.1, 0.15) is 29.6 Å². The molecule has 0 N–H and O–H groups in total. The number of ether oxygens (including phenoxy) is 4. The number of rotatable bonds is 5. The molecule has 0 bridgehead atoms. The molecule has 0 aromatic heterocycles. The van der Waals surface area contributed by atoms with E-state index in [9.17, 15) is 14.4 Å². The molecule has 5 rings (SSSR count). The number of carbonyl (C=O) groups excluding carboxylic acids is 3. The first-order valence-electron chi connectivity index (χ1n) is 12.0. The Morgan fingerprint density at radius 3 is 2.26 bits per heavy atom. The summed E-state index contributed by atoms with van der Waals surface area (Å²) in [7, 11) is 0. The van der Waals surface area contributed by atoms with Crippen molar-refractivity contribution in [2.45, 2.75) is 25.4 Å². The Morgan fingerprint density at radius 2 is 1.46 bits per heavy atom. The van der Waals surface area contributed by atoms with Gasteiger partial charge in [0.2, 0.25) is 12.0 Å². The number of nitrogens with zero attached hydrogens (tertiary/aromatic N) is 2. The number of hydrogen-bond donors (Lipinski definition) is 0. The number of benzene rings is 2. The Balaban J connectivity index is 1.09. The quantitative estimate of drug-likeness (QED) is 0.606. The maximum absolute atomic E-state index is 12.9. The van der Waals surface area contributed by atoms with E-state index in [0.717, 1.165) is 6.42 Å². The van der Waals surface area contributed by atoms with Crippen molar-refractivity contribution < 1.29 is 33.3 Å². The van der Waals surface area contributed by atoms with Gasteiger partial charge in [0, 0.05) is 51.0 Å². The van der Waals surface area contributed by atoms with Crippen LogP contribution in [-0.2, 0) is 9.59 Å². The van der Waals surface area contributed by atoms with Gasteiger partial charge >= 0.3 is 0 Å². The Bertz CT molecular complexity index is 1110. The first-order chi connectivity index (χ1) is 17.1. The fraction of sp³-hybridized carbons (Fsp3) is 0.423. The van der Waals surface area contributed by atoms with Gasteiger partial charge in [-0.3, -0.25) is 14.4 Å². The second-order valence-corrected chi connectivity index (χ2v) is 8.71. The molecule has 3 aliphatic heterocycles. The van der Waals surface area contributed by atoms with E-state index in [2.05, 4.69) is 0 Å². The molecule has 0 radical (unpaired) electrons. The molecular formula is C26H28N2O7. The smallest absolute Gasteiger partial charge is 0.267 e. The van der Waals surface area contributed by atoms with Gasteiger partial charge in [0.1, 0.15) is 6.61 Å². The molecule has 1 atom stereocenters. The number of Topliss-reactive ketones (excluding diaryl/α,β-unsaturated/α-hetero) is 1. The zero-order chi connectivity index (χ0) is 24.2. The van der Waals surface area contributed by atoms with Gasteiger partial charge in [-0.15, -0.1) is 0 Å². The first kappa shape index (κ1) is 23.0. The highest BCUT2D eigenvalue weighted by Gasteiger charge is 2.33. The van der Waals surface area contributed by atoms with Crippen molar-refractivity contribution in [3.8, 4) is 23.0 Å². The molecule has 9 nitrogen and oxygen atoms in total. The van der Waals surface area contributed by atoms with Crippen molar-refractivity contribution in [2.75, 3.05) is 46.0 Å². The molecule has 0 aliphatic carbocycles. The lowest BCUT2D eigenvalue weighted by molar-refractivity contribution is -0.146. The zero-order valence-electron chi connectivity index (χ0n) is 19.4. The van der Waals surface area contributed by atoms with E-state index >= 15 is 0 Å². The maximum atomic E-state index is 12.9. The number of ketones is 1. The summed E-state index contributed by atoms with van der Waals surface area (Å²) in [5, 5.41) is 0. The van der Waals surface area contributed by atoms with Crippen LogP contribution < -0.4 is 18.9 Å². The Hall–Kier alpha value is -3.75. The molecule has 0 spiro atoms. The highest BCUT2D eigenvalue weighted by Crippen LogP contribution is 2.32. The van der Waals surface area contributed by atoms with E-state index < -0.39 is 6.10 Å². The summed E-state index contributed by atoms with van der Waals surface area (Å²) >= 11 is 0. The van der Waals surface area contributed by atoms with E-state index in [4.69, 9.17) is 18.9 Å². The van der Waals surface area contributed by atoms with Crippen LogP contribution in [0.15, 0.2) is 42.5 Å². The van der Waals surface area contributed by atoms with E-state index in [1.807, 2.05) is 12.1 Å². The van der Waals surface area contributed by atoms with E-state index in [1.54, 1.807) is 40.1 Å². The lowest BCUT2D eigenvalue weighted by Gasteiger charge is -2.37. The minimum Gasteiger partial charge on any atom is -0.490 e. The van der Waals surface area contributed by atoms with Crippen LogP contribution in [0.3, 0.4) is 0 Å². The highest BCUT2D eigenvalue weighted by molar-refractivity contribution is 5.98. The summed E-state index contributed by atoms with van der Waals surface area (Å²) in [5.74, 6) is 2.05. The van der Waals surface area contributed by atoms with Gasteiger partial charge in [0.05, 0.1) is 13.2 Å². The number of piperazine rings is 1. The molecule has 35 heavy (non-hydrogen) atoms. The lowest BCUT2D eigenvalue weighted by Crippen LogP contribution is -2.55. The van der Waals surface area contributed by atoms with E-state index in [0.29, 0.717) is 68.0 Å². The predicted octanol–water partition coefficient (Wildman–Crippen LogP) is 2.32. The van der Waals surface area contributed by atoms with Crippen molar-refractivity contribution >= 4 is 17.6 Å². The molecule has 1 fully saturated rings. The Kier molecular flexibility index (Phi) is 6.74. The Morgan fingerprint density at radius 1 is 0.771 bits per heavy atom. The molecule has 0 unspecified atom stereocenters. The first-order valence-corrected chi connectivity index (χ1v) is 12.0. The van der Waals surface area contributed by atoms with Crippen molar-refractivity contribution in [3.63, 3.8) is 0 Å². The Labute approximate surface area is 203 Å². The summed E-state index contributed by atoms with van der Waals surface area (Å²) in [4.78, 5) is 41.7. The van der Waals surface area contributed by atoms with E-state index in [-0.39, 0.29) is 37.0 Å². The van der Waals surface area contributed by atoms with Crippen LogP contribution in [0.5, 0.6) is 23.0 Å². The zero-order valence-corrected chi connectivity index (χ0v) is 19.4. The van der Waals surface area contributed by atoms with Crippen LogP contribution in [-0.4, -0.2) is 79.5 Å². The van der Waals surface area contributed by atoms with Crippen LogP contribution in [0.25, 0.3) is 0 Å². The van der Waals surface area contributed by atoms with Gasteiger partial charge in [0.15, 0.2) is 28.8 Å². The minimum atomic E-state index is -0.694. The molecule has 9 heteroatoms. The van der Waals surface area contributed by atoms with Gasteiger partial charge in [-0.25, -0.2) is 0 Å². The molecular weight excluding hydrogens is 452 g/mol. The summed E-state index contributed by atoms with van der Waals surface area (Å²) in [6.45, 7) is 2.98. The molecule has 2 amide bonds. The van der Waals surface area contributed by atoms with E-state index in [1.165, 1.54) is 0 Å². The van der Waals surface area contributed by atoms with Crippen LogP contribution in [0.2, 0.25) is 0 Å². The van der Waals surface area contributed by atoms with Crippen LogP contribution in [0, 0.1) is 0 Å². The summed E-state index contributed by atoms with van der Waals surface area (Å²) in [6.07, 6.45) is 0.336. The lowest BCUT2D eigenvalue weighted by atomic mass is 10.1. The number of carbonyl (C=O) groups is 3. The fourth-order valence-electron chi connectivity index (χ4n) is 4.38. The standard InChI is InChI=1S/C26H28N2O7/c29-19(18-6-8-21-23(16-18)33-15-3-14-32-21)7-9-25(30)27-10-12-28(13-11-27)26(31)24-17-34-20-4-1-2-5-22(20)35-24/h1-2,4-6,8,16,24H,3,7,9-15,17H2/t24-/m1/s1. The summed E-state index contributed by atoms with van der Waals surface area (Å²) in [6, 6.07) is 12.4. The predicted molar refractivity (Wildman–Crippen MR) is 125 cm³/mol. The van der Waals surface area contributed by atoms with Gasteiger partial charge in [-0.05, 0) is 30.3 Å². The summed E-state index contributed by atoms with van der Waals surface area (Å²) < 4.78 is 22.7. The largest absolute Gasteiger partial charge is 0.490 e. The maximum Gasteiger partial charge on any atom is 0.267 e. The number of amides is 2. The molecule has 2 aromatic rings. The van der Waals surface area contributed by atoms with Crippen LogP contribution >= 0.6 is 0 Å². The van der Waals surface area contributed by atoms with Gasteiger partial charge in [0.25, 0.3) is 5.91 Å². The third kappa shape index (κ3) is 5.18. The number of para-hydroxylation sites is 2. The van der Waals surface area contributed by atoms with Crippen LogP contribution in [0.4, 0.5) is 0 Å². The molecule has 0 saturated carbocycles. The summed E-state index contributed by atoms with van der Waals surface area (Å²) in [5.41, 5.74) is 0.508. The van der Waals surface area contributed by atoms with Crippen molar-refractivity contribution in [2.24, 2.45) is 0 Å². The monoisotopic (exact) mass is 480 g/mol. The third-order valence-electron chi connectivity index (χ3n) is 6.36. The average Bonchev–Trinajstić information content (AvgIpc) is 3.16. The van der Waals surface area contributed by atoms with Crippen molar-refractivity contribution in [3.05, 3.63) is 48.0 Å². The second-order valence-electron chi connectivity index (χ2n) is 8.71. The third-order valence-corrected chi connectivity index (χ3v) is 6.36. The molecule has 3 heterocycles. The molecule has 3 aliphatic rings. The SMILES string of the molecule is O=C(CCC(=O)N1CCN(C(=O)[C@H]2COc3ccccc3O2)CC1)c1ccc2c(c1)OCCCO2. The number of hydrogen-bond acceptors (Lipinski definition) is 7. The van der Waals surface area contributed by atoms with Gasteiger partial charge < -0.3 is 28.7 Å². The number of fused-ring (bicyclic) bond motifs is 2. The molecule has 184 valence electrons. The average molecular weight is 481 g/mol. The van der Waals surface area contributed by atoms with Crippen molar-refractivity contribution in [1.82, 2.24) is 9.80 Å². The van der Waals surface area contributed by atoms with Crippen molar-refractivity contribution in [1.29, 1.82) is 0 Å². The molecule has 2 aromatic carbocycles. The normalized spacial score (nSPS) is 19.0. The second kappa shape index (κ2) is 10.2. The van der Waals surface area contributed by atoms with Gasteiger partial charge in [-0.1, -0.05) is 12.1 Å². The molecule has 1 saturated heterocycles. The minimum absolute atomic E-state index is 0.0917. The highest BCUT2D eigenvalue weighted by atomic mass is 16.6. The van der Waals surface area contributed by atoms with Gasteiger partial charge in [-0.2, -0.15) is 0 Å². The fourth-order valence-corrected chi connectivity index (χ4v) is 4.38. The topological polar surface area (TPSA) is 94.6 Å².